The van der Waals surface area contributed by atoms with Crippen molar-refractivity contribution in [3.8, 4) is 0 Å². The Morgan fingerprint density at radius 3 is 2.14 bits per heavy atom. The molecule has 1 nitrogen and oxygen atoms in total. The zero-order chi connectivity index (χ0) is 5.86. The molecule has 0 heterocycles. The van der Waals surface area contributed by atoms with Gasteiger partial charge >= 0.3 is 71.6 Å². The van der Waals surface area contributed by atoms with Gasteiger partial charge in [-0.2, -0.15) is 0 Å². The van der Waals surface area contributed by atoms with Gasteiger partial charge in [0.15, 0.2) is 0 Å². The van der Waals surface area contributed by atoms with E-state index in [1.54, 1.807) is 5.82 Å². The number of hydrogen-bond acceptors (Lipinski definition) is 1. The third-order valence-corrected chi connectivity index (χ3v) is 2.40. The second kappa shape index (κ2) is 4.26. The zero-order valence-electron chi connectivity index (χ0n) is 3.40. The molecule has 7 heavy (non-hydrogen) atoms. The fourth-order valence-electron chi connectivity index (χ4n) is 0.109. The van der Waals surface area contributed by atoms with Gasteiger partial charge in [0.1, 0.15) is 0 Å². The van der Waals surface area contributed by atoms with E-state index in [1.165, 1.54) is 0 Å². The SMILES string of the molecule is B=P(=O)C=C(I)I. The summed E-state index contributed by atoms with van der Waals surface area (Å²) in [6.07, 6.45) is 0. The summed E-state index contributed by atoms with van der Waals surface area (Å²) >= 11 is 4.16. The van der Waals surface area contributed by atoms with E-state index in [0.717, 1.165) is 1.59 Å². The molecule has 1 atom stereocenters. The Kier molecular flexibility index (Phi) is 5.10. The molecule has 0 aromatic heterocycles. The maximum absolute atomic E-state index is 10.2. The van der Waals surface area contributed by atoms with Crippen LogP contribution >= 0.6 is 52.5 Å². The minimum atomic E-state index is -1.32. The second-order valence-corrected chi connectivity index (χ2v) is 6.32. The third kappa shape index (κ3) is 7.36. The molecule has 0 saturated heterocycles. The summed E-state index contributed by atoms with van der Waals surface area (Å²) in [5, 5.41) is 0. The van der Waals surface area contributed by atoms with E-state index < -0.39 is 7.29 Å². The summed E-state index contributed by atoms with van der Waals surface area (Å²) in [4.78, 5) is 0. The van der Waals surface area contributed by atoms with Gasteiger partial charge in [0.05, 0.1) is 0 Å². The maximum atomic E-state index is 10.2. The molecule has 0 amide bonds. The Bertz CT molecular complexity index is 138. The van der Waals surface area contributed by atoms with Crippen LogP contribution in [0.15, 0.2) is 7.40 Å². The Labute approximate surface area is 71.0 Å². The first-order chi connectivity index (χ1) is 3.13. The van der Waals surface area contributed by atoms with Crippen molar-refractivity contribution in [1.82, 2.24) is 0 Å². The normalized spacial score (nSPS) is 10.1. The summed E-state index contributed by atoms with van der Waals surface area (Å²) in [6, 6.07) is 0. The van der Waals surface area contributed by atoms with Gasteiger partial charge in [0.2, 0.25) is 0 Å². The molecule has 0 bridgehead atoms. The number of halogens is 2. The number of hydrogen-bond donors (Lipinski definition) is 0. The van der Waals surface area contributed by atoms with Crippen molar-refractivity contribution < 1.29 is 4.57 Å². The van der Waals surface area contributed by atoms with Crippen molar-refractivity contribution in [2.45, 2.75) is 0 Å². The fourth-order valence-corrected chi connectivity index (χ4v) is 2.19. The first-order valence-corrected chi connectivity index (χ1v) is 5.10. The van der Waals surface area contributed by atoms with Crippen LogP contribution in [0.5, 0.6) is 0 Å². The van der Waals surface area contributed by atoms with Crippen LogP contribution in [-0.2, 0) is 4.57 Å². The van der Waals surface area contributed by atoms with E-state index in [9.17, 15) is 4.57 Å². The molecule has 0 radical (unpaired) electrons. The van der Waals surface area contributed by atoms with Gasteiger partial charge in [-0.05, 0) is 0 Å². The van der Waals surface area contributed by atoms with Crippen LogP contribution in [0.25, 0.3) is 0 Å². The minimum absolute atomic E-state index is 1.01. The zero-order valence-corrected chi connectivity index (χ0v) is 8.61. The quantitative estimate of drug-likeness (QED) is 0.408. The number of rotatable bonds is 1. The Morgan fingerprint density at radius 2 is 2.14 bits per heavy atom. The van der Waals surface area contributed by atoms with E-state index in [-0.39, 0.29) is 0 Å². The average Bonchev–Trinajstić information content (AvgIpc) is 1.27. The van der Waals surface area contributed by atoms with Crippen LogP contribution in [-0.4, -0.2) is 7.18 Å². The predicted octanol–water partition coefficient (Wildman–Crippen LogP) is 2.30. The third-order valence-electron chi connectivity index (χ3n) is 0.242. The molecule has 0 saturated carbocycles. The van der Waals surface area contributed by atoms with E-state index in [1.807, 2.05) is 0 Å². The first-order valence-electron chi connectivity index (χ1n) is 1.42. The standard InChI is InChI=1S/C2H2BI2OP/c3-7(6)1-2(4)5/h1,3H. The molecule has 1 unspecified atom stereocenters. The van der Waals surface area contributed by atoms with Gasteiger partial charge in [-0.3, -0.25) is 0 Å². The van der Waals surface area contributed by atoms with Gasteiger partial charge < -0.3 is 0 Å². The molecule has 0 aliphatic heterocycles. The second-order valence-electron chi connectivity index (χ2n) is 0.836. The molecule has 0 aromatic rings. The van der Waals surface area contributed by atoms with E-state index in [4.69, 9.17) is 0 Å². The molecular weight excluding hydrogens is 336 g/mol. The van der Waals surface area contributed by atoms with Gasteiger partial charge in [0, 0.05) is 0 Å². The van der Waals surface area contributed by atoms with Crippen LogP contribution in [0.4, 0.5) is 0 Å². The summed E-state index contributed by atoms with van der Waals surface area (Å²) < 4.78 is 11.2. The molecule has 38 valence electrons. The van der Waals surface area contributed by atoms with Gasteiger partial charge in [-0.25, -0.2) is 0 Å². The van der Waals surface area contributed by atoms with Crippen molar-refractivity contribution >= 4 is 59.7 Å². The Hall–Kier alpha value is 1.36. The van der Waals surface area contributed by atoms with Gasteiger partial charge in [0.25, 0.3) is 0 Å². The van der Waals surface area contributed by atoms with E-state index in [2.05, 4.69) is 52.4 Å². The molecule has 0 rings (SSSR count). The van der Waals surface area contributed by atoms with Crippen LogP contribution < -0.4 is 0 Å². The van der Waals surface area contributed by atoms with Crippen molar-refractivity contribution in [1.29, 1.82) is 0 Å². The molecule has 0 fully saturated rings. The molecular formula is C2H2BI2OP. The Morgan fingerprint density at radius 1 is 1.71 bits per heavy atom. The van der Waals surface area contributed by atoms with Gasteiger partial charge in [-0.1, -0.05) is 0 Å². The van der Waals surface area contributed by atoms with E-state index in [0.29, 0.717) is 0 Å². The van der Waals surface area contributed by atoms with Crippen molar-refractivity contribution in [2.75, 3.05) is 0 Å². The molecule has 0 aliphatic carbocycles. The van der Waals surface area contributed by atoms with Crippen LogP contribution in [0.3, 0.4) is 0 Å². The molecule has 5 heteroatoms. The summed E-state index contributed by atoms with van der Waals surface area (Å²) in [5.41, 5.74) is 0. The summed E-state index contributed by atoms with van der Waals surface area (Å²) in [6.45, 7) is 0. The summed E-state index contributed by atoms with van der Waals surface area (Å²) in [5.74, 6) is 1.62. The molecule has 0 aliphatic rings. The van der Waals surface area contributed by atoms with Gasteiger partial charge in [-0.15, -0.1) is 0 Å². The average molecular weight is 338 g/mol. The van der Waals surface area contributed by atoms with E-state index >= 15 is 0 Å². The van der Waals surface area contributed by atoms with Crippen LogP contribution in [0, 0.1) is 0 Å². The molecule has 0 spiro atoms. The van der Waals surface area contributed by atoms with Crippen molar-refractivity contribution in [3.05, 3.63) is 7.40 Å². The fraction of sp³-hybridized carbons (Fsp3) is 0. The first kappa shape index (κ1) is 8.36. The summed E-state index contributed by atoms with van der Waals surface area (Å²) in [7, 11) is 1.98. The topological polar surface area (TPSA) is 17.1 Å². The predicted molar refractivity (Wildman–Crippen MR) is 50.9 cm³/mol. The molecule has 0 aromatic carbocycles. The van der Waals surface area contributed by atoms with Crippen LogP contribution in [0.2, 0.25) is 0 Å². The molecule has 0 N–H and O–H groups in total. The Balaban J connectivity index is 3.94. The van der Waals surface area contributed by atoms with Crippen LogP contribution in [0.1, 0.15) is 0 Å². The monoisotopic (exact) mass is 338 g/mol. The van der Waals surface area contributed by atoms with Crippen molar-refractivity contribution in [3.63, 3.8) is 0 Å². The van der Waals surface area contributed by atoms with Crippen molar-refractivity contribution in [2.24, 2.45) is 0 Å².